The van der Waals surface area contributed by atoms with E-state index in [0.29, 0.717) is 12.0 Å². The molecule has 1 saturated heterocycles. The van der Waals surface area contributed by atoms with Crippen LogP contribution in [0.25, 0.3) is 0 Å². The van der Waals surface area contributed by atoms with Crippen LogP contribution >= 0.6 is 15.9 Å². The van der Waals surface area contributed by atoms with E-state index in [1.807, 2.05) is 13.1 Å². The van der Waals surface area contributed by atoms with Gasteiger partial charge in [0, 0.05) is 23.6 Å². The van der Waals surface area contributed by atoms with E-state index in [0.717, 1.165) is 30.0 Å². The van der Waals surface area contributed by atoms with Gasteiger partial charge in [-0.2, -0.15) is 8.42 Å². The van der Waals surface area contributed by atoms with Gasteiger partial charge in [0.1, 0.15) is 12.2 Å². The van der Waals surface area contributed by atoms with Gasteiger partial charge in [0.15, 0.2) is 28.5 Å². The van der Waals surface area contributed by atoms with Gasteiger partial charge in [-0.05, 0) is 56.0 Å². The molecule has 4 atom stereocenters. The Morgan fingerprint density at radius 2 is 1.58 bits per heavy atom. The van der Waals surface area contributed by atoms with Crippen LogP contribution in [-0.2, 0) is 34.4 Å². The van der Waals surface area contributed by atoms with E-state index < -0.39 is 56.5 Å². The number of aromatic nitrogens is 2. The average Bonchev–Trinajstić information content (AvgIpc) is 3.31. The molecule has 258 valence electrons. The third kappa shape index (κ3) is 7.81. The zero-order chi connectivity index (χ0) is 34.4. The maximum absolute atomic E-state index is 14.1. The molecule has 1 aromatic rings. The van der Waals surface area contributed by atoms with Crippen molar-refractivity contribution in [3.63, 3.8) is 0 Å². The van der Waals surface area contributed by atoms with Gasteiger partial charge in [-0.15, -0.1) is 0 Å². The normalized spacial score (nSPS) is 25.7. The van der Waals surface area contributed by atoms with E-state index >= 15 is 0 Å². The molecule has 45 heavy (non-hydrogen) atoms. The summed E-state index contributed by atoms with van der Waals surface area (Å²) in [5.41, 5.74) is 4.13. The van der Waals surface area contributed by atoms with E-state index in [2.05, 4.69) is 70.6 Å². The minimum Gasteiger partial charge on any atom is -0.414 e. The summed E-state index contributed by atoms with van der Waals surface area (Å²) < 4.78 is 54.7. The molecular formula is C30H54BrN3O8SSi2. The van der Waals surface area contributed by atoms with E-state index in [-0.39, 0.29) is 34.5 Å². The molecule has 0 aromatic carbocycles. The molecule has 11 nitrogen and oxygen atoms in total. The smallest absolute Gasteiger partial charge is 0.333 e. The molecule has 0 unspecified atom stereocenters. The number of alkyl halides is 1. The van der Waals surface area contributed by atoms with Gasteiger partial charge in [0.2, 0.25) is 0 Å². The molecule has 0 amide bonds. The van der Waals surface area contributed by atoms with Crippen molar-refractivity contribution in [2.75, 3.05) is 11.9 Å². The number of ether oxygens (including phenoxy) is 1. The van der Waals surface area contributed by atoms with Gasteiger partial charge < -0.3 is 19.3 Å². The molecule has 15 heteroatoms. The van der Waals surface area contributed by atoms with Crippen molar-refractivity contribution in [1.29, 1.82) is 0 Å². The summed E-state index contributed by atoms with van der Waals surface area (Å²) in [7, 11) is -9.24. The minimum atomic E-state index is -4.21. The monoisotopic (exact) mass is 751 g/mol. The summed E-state index contributed by atoms with van der Waals surface area (Å²) in [5.74, 6) is 0. The maximum atomic E-state index is 14.1. The topological polar surface area (TPSA) is 141 Å². The molecule has 0 saturated carbocycles. The Morgan fingerprint density at radius 1 is 1.00 bits per heavy atom. The van der Waals surface area contributed by atoms with Gasteiger partial charge in [-0.1, -0.05) is 70.3 Å². The number of hydrogen-bond donors (Lipinski definition) is 1. The zero-order valence-corrected chi connectivity index (χ0v) is 33.3. The lowest BCUT2D eigenvalue weighted by molar-refractivity contribution is -0.0567. The minimum absolute atomic E-state index is 0.0324. The Bertz CT molecular complexity index is 1490. The van der Waals surface area contributed by atoms with Gasteiger partial charge >= 0.3 is 5.69 Å². The molecule has 1 aromatic heterocycles. The fourth-order valence-electron chi connectivity index (χ4n) is 5.07. The van der Waals surface area contributed by atoms with E-state index in [1.165, 1.54) is 15.3 Å². The molecular weight excluding hydrogens is 698 g/mol. The van der Waals surface area contributed by atoms with E-state index in [9.17, 15) is 18.0 Å². The number of unbranched alkanes of at least 4 members (excludes halogenated alkanes) is 3. The number of nitrogens with zero attached hydrogens (tertiary/aromatic N) is 2. The van der Waals surface area contributed by atoms with Crippen LogP contribution in [0.3, 0.4) is 0 Å². The van der Waals surface area contributed by atoms with Crippen molar-refractivity contribution >= 4 is 42.7 Å². The van der Waals surface area contributed by atoms with Crippen molar-refractivity contribution < 1.29 is 26.2 Å². The molecule has 1 fully saturated rings. The zero-order valence-electron chi connectivity index (χ0n) is 28.9. The van der Waals surface area contributed by atoms with Crippen molar-refractivity contribution in [2.24, 2.45) is 5.73 Å². The summed E-state index contributed by atoms with van der Waals surface area (Å²) >= 11 is 3.44. The van der Waals surface area contributed by atoms with Crippen LogP contribution in [0, 0.1) is 6.92 Å². The number of rotatable bonds is 12. The number of nitrogens with two attached hydrogens (primary N) is 1. The van der Waals surface area contributed by atoms with Crippen molar-refractivity contribution in [3.05, 3.63) is 43.7 Å². The van der Waals surface area contributed by atoms with Crippen LogP contribution < -0.4 is 17.0 Å². The summed E-state index contributed by atoms with van der Waals surface area (Å²) in [4.78, 5) is 27.3. The van der Waals surface area contributed by atoms with Gasteiger partial charge in [0.05, 0.1) is 17.7 Å². The quantitative estimate of drug-likeness (QED) is 0.127. The maximum Gasteiger partial charge on any atom is 0.333 e. The SMILES string of the molecule is Cc1cn([C@@H]2O[C@H](CO[Si](C)(C)C(C)(C)C)[C@@]3(OS(=O)(=O)C=C3N)[C@H]2O[Si](C)(C)C(C)(C)C)c(=O)n(CCCCCCBr)c1=O. The third-order valence-electron chi connectivity index (χ3n) is 9.98. The summed E-state index contributed by atoms with van der Waals surface area (Å²) in [6, 6.07) is 0. The first-order chi connectivity index (χ1) is 20.4. The Hall–Kier alpha value is -1.08. The second-order valence-corrected chi connectivity index (χ2v) is 27.1. The second kappa shape index (κ2) is 13.4. The van der Waals surface area contributed by atoms with Gasteiger partial charge in [-0.3, -0.25) is 13.9 Å². The predicted octanol–water partition coefficient (Wildman–Crippen LogP) is 5.48. The van der Waals surface area contributed by atoms with Gasteiger partial charge in [0.25, 0.3) is 15.7 Å². The fraction of sp³-hybridized carbons (Fsp3) is 0.800. The Kier molecular flexibility index (Phi) is 11.5. The van der Waals surface area contributed by atoms with Crippen LogP contribution in [-0.4, -0.2) is 63.9 Å². The summed E-state index contributed by atoms with van der Waals surface area (Å²) in [5, 5.41) is 1.37. The van der Waals surface area contributed by atoms with Crippen molar-refractivity contribution in [1.82, 2.24) is 9.13 Å². The molecule has 3 heterocycles. The lowest BCUT2D eigenvalue weighted by Crippen LogP contribution is -2.59. The molecule has 0 radical (unpaired) electrons. The first kappa shape index (κ1) is 38.4. The molecule has 0 aliphatic carbocycles. The Morgan fingerprint density at radius 3 is 2.09 bits per heavy atom. The Balaban J connectivity index is 2.22. The van der Waals surface area contributed by atoms with E-state index in [4.69, 9.17) is 23.5 Å². The van der Waals surface area contributed by atoms with E-state index in [1.54, 1.807) is 6.92 Å². The van der Waals surface area contributed by atoms with Crippen LogP contribution in [0.1, 0.15) is 79.0 Å². The highest BCUT2D eigenvalue weighted by molar-refractivity contribution is 9.09. The lowest BCUT2D eigenvalue weighted by Gasteiger charge is -2.43. The average molecular weight is 753 g/mol. The lowest BCUT2D eigenvalue weighted by atomic mass is 9.89. The highest BCUT2D eigenvalue weighted by atomic mass is 79.9. The molecule has 3 rings (SSSR count). The summed E-state index contributed by atoms with van der Waals surface area (Å²) in [6.07, 6.45) is 1.65. The second-order valence-electron chi connectivity index (χ2n) is 15.4. The van der Waals surface area contributed by atoms with Crippen LogP contribution in [0.15, 0.2) is 26.9 Å². The largest absolute Gasteiger partial charge is 0.414 e. The van der Waals surface area contributed by atoms with Crippen molar-refractivity contribution in [3.8, 4) is 0 Å². The van der Waals surface area contributed by atoms with Gasteiger partial charge in [-0.25, -0.2) is 8.98 Å². The molecule has 0 bridgehead atoms. The predicted molar refractivity (Wildman–Crippen MR) is 186 cm³/mol. The first-order valence-electron chi connectivity index (χ1n) is 15.7. The first-order valence-corrected chi connectivity index (χ1v) is 24.1. The Labute approximate surface area is 279 Å². The van der Waals surface area contributed by atoms with Crippen LogP contribution in [0.4, 0.5) is 0 Å². The standard InChI is InChI=1S/C30H54BrN3O8SSi2/c1-21-18-34(27(36)33(25(21)35)17-15-13-12-14-16-31)26-24(41-45(10,11)29(5,6)7)30(22(32)20-43(37,38)42-30)23(40-26)19-39-44(8,9)28(2,3)4/h18,20,23-24,26H,12-17,19,32H2,1-11H3/t23-,24+,26-,30-/m1/s1. The highest BCUT2D eigenvalue weighted by Crippen LogP contribution is 2.52. The molecule has 2 aliphatic heterocycles. The highest BCUT2D eigenvalue weighted by Gasteiger charge is 2.67. The molecule has 1 spiro atoms. The molecule has 2 aliphatic rings. The van der Waals surface area contributed by atoms with Crippen molar-refractivity contribution in [2.45, 2.75) is 141 Å². The fourth-order valence-corrected chi connectivity index (χ4v) is 8.97. The number of hydrogen-bond acceptors (Lipinski definition) is 9. The third-order valence-corrected chi connectivity index (χ3v) is 20.5. The summed E-state index contributed by atoms with van der Waals surface area (Å²) in [6.45, 7) is 22.6. The van der Waals surface area contributed by atoms with Crippen LogP contribution in [0.2, 0.25) is 36.3 Å². The number of halogens is 1. The number of aryl methyl sites for hydroxylation is 1. The molecule has 2 N–H and O–H groups in total. The van der Waals surface area contributed by atoms with Crippen LogP contribution in [0.5, 0.6) is 0 Å².